The molecule has 0 bridgehead atoms. The molecule has 2 amide bonds. The number of carbonyl (C=O) groups excluding carboxylic acids is 4. The van der Waals surface area contributed by atoms with Crippen molar-refractivity contribution >= 4 is 41.3 Å². The highest BCUT2D eigenvalue weighted by atomic mass is 32.2. The number of unbranched alkanes of at least 4 members (excludes halogenated alkanes) is 1. The number of alkyl halides is 3. The minimum absolute atomic E-state index is 0.146. The molecular formula is C37H37F3N4O5S. The summed E-state index contributed by atoms with van der Waals surface area (Å²) in [6, 6.07) is 29.0. The zero-order chi connectivity index (χ0) is 35.8. The van der Waals surface area contributed by atoms with Crippen LogP contribution < -0.4 is 16.0 Å². The van der Waals surface area contributed by atoms with Crippen LogP contribution in [0.1, 0.15) is 42.9 Å². The quantitative estimate of drug-likeness (QED) is 0.0635. The van der Waals surface area contributed by atoms with Gasteiger partial charge in [-0.3, -0.25) is 14.4 Å². The molecule has 0 aliphatic heterocycles. The van der Waals surface area contributed by atoms with Crippen LogP contribution in [0.3, 0.4) is 0 Å². The Morgan fingerprint density at radius 1 is 0.780 bits per heavy atom. The topological polar surface area (TPSA) is 126 Å². The van der Waals surface area contributed by atoms with Gasteiger partial charge < -0.3 is 20.7 Å². The first-order chi connectivity index (χ1) is 24.1. The van der Waals surface area contributed by atoms with E-state index in [0.29, 0.717) is 30.7 Å². The molecule has 13 heteroatoms. The van der Waals surface area contributed by atoms with Crippen LogP contribution in [-0.2, 0) is 29.7 Å². The summed E-state index contributed by atoms with van der Waals surface area (Å²) in [5.74, 6) is -3.68. The molecule has 1 unspecified atom stereocenters. The van der Waals surface area contributed by atoms with Crippen molar-refractivity contribution in [3.63, 3.8) is 0 Å². The number of nitrogens with one attached hydrogen (secondary N) is 3. The van der Waals surface area contributed by atoms with Crippen molar-refractivity contribution in [3.8, 4) is 11.1 Å². The van der Waals surface area contributed by atoms with E-state index in [-0.39, 0.29) is 18.1 Å². The maximum atomic E-state index is 13.7. The monoisotopic (exact) mass is 706 g/mol. The molecule has 4 aromatic rings. The van der Waals surface area contributed by atoms with E-state index >= 15 is 0 Å². The van der Waals surface area contributed by atoms with Gasteiger partial charge in [-0.2, -0.15) is 24.9 Å². The van der Waals surface area contributed by atoms with E-state index in [1.165, 1.54) is 11.8 Å². The van der Waals surface area contributed by atoms with Gasteiger partial charge in [0, 0.05) is 30.7 Å². The normalized spacial score (nSPS) is 12.3. The minimum atomic E-state index is -5.37. The third-order valence-corrected chi connectivity index (χ3v) is 8.50. The van der Waals surface area contributed by atoms with Crippen LogP contribution in [0.4, 0.5) is 19.0 Å². The van der Waals surface area contributed by atoms with E-state index in [2.05, 4.69) is 25.7 Å². The molecule has 0 saturated heterocycles. The molecule has 0 aliphatic carbocycles. The molecule has 0 spiro atoms. The van der Waals surface area contributed by atoms with Crippen LogP contribution in [-0.4, -0.2) is 53.3 Å². The third kappa shape index (κ3) is 12.7. The Kier molecular flexibility index (Phi) is 14.4. The lowest BCUT2D eigenvalue weighted by molar-refractivity contribution is -0.202. The highest BCUT2D eigenvalue weighted by Crippen LogP contribution is 2.25. The number of halogens is 3. The fraction of sp³-hybridized carbons (Fsp3) is 0.270. The summed E-state index contributed by atoms with van der Waals surface area (Å²) in [5.41, 5.74) is 3.13. The van der Waals surface area contributed by atoms with Gasteiger partial charge in [0.05, 0.1) is 12.5 Å². The van der Waals surface area contributed by atoms with E-state index in [9.17, 15) is 32.3 Å². The zero-order valence-electron chi connectivity index (χ0n) is 27.0. The average molecular weight is 707 g/mol. The molecule has 0 aliphatic rings. The third-order valence-electron chi connectivity index (χ3n) is 7.39. The Morgan fingerprint density at radius 3 is 2.10 bits per heavy atom. The standard InChI is InChI=1S/C37H37F3N4O5S/c38-37(39,40)36(48)49-34(46)23-30(29-19-17-28(18-20-29)27-13-5-2-6-14-27)44-35(47)31(25-50-24-26-11-3-1-4-12-26)43-33(45)16-8-10-22-42-32-15-7-9-21-41-32/h1-7,9,11-15,17-21,30-31H,8,10,16,22-25H2,(H,41,42)(H,43,45)(H,44,47)/t30?,31-/m1/s1. The summed E-state index contributed by atoms with van der Waals surface area (Å²) in [6.07, 6.45) is -3.11. The Bertz CT molecular complexity index is 1680. The number of aromatic nitrogens is 1. The van der Waals surface area contributed by atoms with Crippen molar-refractivity contribution in [1.82, 2.24) is 15.6 Å². The number of pyridine rings is 1. The molecule has 0 radical (unpaired) electrons. The van der Waals surface area contributed by atoms with Crippen molar-refractivity contribution in [2.45, 2.75) is 49.7 Å². The largest absolute Gasteiger partial charge is 0.491 e. The number of amides is 2. The van der Waals surface area contributed by atoms with Crippen LogP contribution in [0.2, 0.25) is 0 Å². The second kappa shape index (κ2) is 19.1. The Morgan fingerprint density at radius 2 is 1.44 bits per heavy atom. The Balaban J connectivity index is 1.45. The summed E-state index contributed by atoms with van der Waals surface area (Å²) in [5, 5.41) is 8.66. The molecule has 3 aromatic carbocycles. The number of hydrogen-bond donors (Lipinski definition) is 3. The van der Waals surface area contributed by atoms with Crippen molar-refractivity contribution in [3.05, 3.63) is 120 Å². The van der Waals surface area contributed by atoms with Gasteiger partial charge in [-0.15, -0.1) is 0 Å². The van der Waals surface area contributed by atoms with E-state index in [0.717, 1.165) is 22.5 Å². The predicted octanol–water partition coefficient (Wildman–Crippen LogP) is 6.63. The van der Waals surface area contributed by atoms with Crippen molar-refractivity contribution in [2.75, 3.05) is 17.6 Å². The van der Waals surface area contributed by atoms with Gasteiger partial charge in [-0.25, -0.2) is 9.78 Å². The smallest absolute Gasteiger partial charge is 0.386 e. The van der Waals surface area contributed by atoms with E-state index < -0.39 is 42.5 Å². The maximum absolute atomic E-state index is 13.7. The number of thioether (sulfide) groups is 1. The highest BCUT2D eigenvalue weighted by molar-refractivity contribution is 7.98. The number of nitrogens with zero attached hydrogens (tertiary/aromatic N) is 1. The Labute approximate surface area is 292 Å². The van der Waals surface area contributed by atoms with Crippen molar-refractivity contribution < 1.29 is 37.1 Å². The molecule has 262 valence electrons. The molecule has 1 heterocycles. The van der Waals surface area contributed by atoms with Gasteiger partial charge in [0.2, 0.25) is 11.8 Å². The molecule has 50 heavy (non-hydrogen) atoms. The lowest BCUT2D eigenvalue weighted by Crippen LogP contribution is -2.49. The molecule has 0 saturated carbocycles. The van der Waals surface area contributed by atoms with Gasteiger partial charge >= 0.3 is 18.1 Å². The molecule has 0 fully saturated rings. The van der Waals surface area contributed by atoms with Crippen LogP contribution in [0.25, 0.3) is 11.1 Å². The summed E-state index contributed by atoms with van der Waals surface area (Å²) >= 11 is 1.41. The summed E-state index contributed by atoms with van der Waals surface area (Å²) < 4.78 is 42.5. The van der Waals surface area contributed by atoms with Crippen molar-refractivity contribution in [1.29, 1.82) is 0 Å². The van der Waals surface area contributed by atoms with E-state index in [4.69, 9.17) is 0 Å². The molecular weight excluding hydrogens is 669 g/mol. The number of esters is 2. The molecule has 1 aromatic heterocycles. The summed E-state index contributed by atoms with van der Waals surface area (Å²) in [4.78, 5) is 54.8. The van der Waals surface area contributed by atoms with Gasteiger partial charge in [0.15, 0.2) is 0 Å². The highest BCUT2D eigenvalue weighted by Gasteiger charge is 2.42. The van der Waals surface area contributed by atoms with E-state index in [1.807, 2.05) is 78.9 Å². The lowest BCUT2D eigenvalue weighted by atomic mass is 9.99. The SMILES string of the molecule is O=C(CCCCNc1ccccn1)N[C@H](CSCc1ccccc1)C(=O)NC(CC(=O)OC(=O)C(F)(F)F)c1ccc(-c2ccccc2)cc1. The number of benzene rings is 3. The second-order valence-corrected chi connectivity index (χ2v) is 12.3. The van der Waals surface area contributed by atoms with Gasteiger partial charge in [-0.1, -0.05) is 91.0 Å². The maximum Gasteiger partial charge on any atom is 0.491 e. The molecule has 2 atom stereocenters. The fourth-order valence-corrected chi connectivity index (χ4v) is 5.86. The van der Waals surface area contributed by atoms with Gasteiger partial charge in [0.25, 0.3) is 0 Å². The first-order valence-electron chi connectivity index (χ1n) is 15.9. The first kappa shape index (κ1) is 37.6. The molecule has 9 nitrogen and oxygen atoms in total. The van der Waals surface area contributed by atoms with Gasteiger partial charge in [-0.05, 0) is 47.2 Å². The number of rotatable bonds is 17. The Hall–Kier alpha value is -5.17. The summed E-state index contributed by atoms with van der Waals surface area (Å²) in [7, 11) is 0. The van der Waals surface area contributed by atoms with Crippen LogP contribution in [0, 0.1) is 0 Å². The van der Waals surface area contributed by atoms with Crippen LogP contribution in [0.15, 0.2) is 109 Å². The van der Waals surface area contributed by atoms with Crippen LogP contribution in [0.5, 0.6) is 0 Å². The zero-order valence-corrected chi connectivity index (χ0v) is 27.8. The predicted molar refractivity (Wildman–Crippen MR) is 186 cm³/mol. The van der Waals surface area contributed by atoms with E-state index in [1.54, 1.807) is 30.5 Å². The second-order valence-electron chi connectivity index (χ2n) is 11.2. The number of carbonyl (C=O) groups is 4. The summed E-state index contributed by atoms with van der Waals surface area (Å²) in [6.45, 7) is 0.596. The van der Waals surface area contributed by atoms with Crippen molar-refractivity contribution in [2.24, 2.45) is 0 Å². The average Bonchev–Trinajstić information content (AvgIpc) is 3.11. The number of anilines is 1. The lowest BCUT2D eigenvalue weighted by Gasteiger charge is -2.24. The van der Waals surface area contributed by atoms with Crippen LogP contribution >= 0.6 is 11.8 Å². The molecule has 4 rings (SSSR count). The van der Waals surface area contributed by atoms with Gasteiger partial charge in [0.1, 0.15) is 11.9 Å². The number of ether oxygens (including phenoxy) is 1. The minimum Gasteiger partial charge on any atom is -0.386 e. The number of hydrogen-bond acceptors (Lipinski definition) is 8. The first-order valence-corrected chi connectivity index (χ1v) is 17.1. The fourth-order valence-electron chi connectivity index (χ4n) is 4.85. The molecule has 3 N–H and O–H groups in total.